The van der Waals surface area contributed by atoms with Crippen LogP contribution in [0.15, 0.2) is 30.3 Å². The second-order valence-electron chi connectivity index (χ2n) is 5.62. The lowest BCUT2D eigenvalue weighted by atomic mass is 9.96. The summed E-state index contributed by atoms with van der Waals surface area (Å²) < 4.78 is 0. The largest absolute Gasteiger partial charge is 0.351 e. The first-order chi connectivity index (χ1) is 9.18. The number of amides is 1. The van der Waals surface area contributed by atoms with Crippen molar-refractivity contribution >= 4 is 5.91 Å². The van der Waals surface area contributed by atoms with Gasteiger partial charge in [0.2, 0.25) is 5.91 Å². The van der Waals surface area contributed by atoms with Crippen LogP contribution in [0.5, 0.6) is 0 Å². The summed E-state index contributed by atoms with van der Waals surface area (Å²) in [6.07, 6.45) is 6.04. The molecule has 1 aromatic carbocycles. The van der Waals surface area contributed by atoms with E-state index in [1.807, 2.05) is 30.3 Å². The third-order valence-electron chi connectivity index (χ3n) is 4.13. The van der Waals surface area contributed by atoms with Crippen molar-refractivity contribution in [1.82, 2.24) is 5.32 Å². The smallest absolute Gasteiger partial charge is 0.241 e. The van der Waals surface area contributed by atoms with E-state index in [1.54, 1.807) is 0 Å². The second kappa shape index (κ2) is 6.71. The molecule has 0 aromatic heterocycles. The fourth-order valence-electron chi connectivity index (χ4n) is 2.79. The molecule has 2 rings (SSSR count). The topological polar surface area (TPSA) is 55.1 Å². The van der Waals surface area contributed by atoms with Crippen molar-refractivity contribution in [2.24, 2.45) is 11.7 Å². The van der Waals surface area contributed by atoms with Crippen molar-refractivity contribution < 1.29 is 4.79 Å². The second-order valence-corrected chi connectivity index (χ2v) is 5.62. The van der Waals surface area contributed by atoms with Crippen molar-refractivity contribution in [3.63, 3.8) is 0 Å². The Morgan fingerprint density at radius 1 is 1.21 bits per heavy atom. The summed E-state index contributed by atoms with van der Waals surface area (Å²) in [6, 6.07) is 9.29. The van der Waals surface area contributed by atoms with Crippen molar-refractivity contribution in [3.05, 3.63) is 35.9 Å². The highest BCUT2D eigenvalue weighted by atomic mass is 16.2. The van der Waals surface area contributed by atoms with Crippen molar-refractivity contribution in [2.45, 2.75) is 51.1 Å². The van der Waals surface area contributed by atoms with Gasteiger partial charge < -0.3 is 11.1 Å². The van der Waals surface area contributed by atoms with Gasteiger partial charge in [-0.25, -0.2) is 0 Å². The van der Waals surface area contributed by atoms with Crippen molar-refractivity contribution in [2.75, 3.05) is 0 Å². The lowest BCUT2D eigenvalue weighted by molar-refractivity contribution is -0.123. The van der Waals surface area contributed by atoms with E-state index < -0.39 is 6.04 Å². The molecule has 0 saturated heterocycles. The van der Waals surface area contributed by atoms with Gasteiger partial charge in [-0.3, -0.25) is 4.79 Å². The van der Waals surface area contributed by atoms with Gasteiger partial charge in [0, 0.05) is 6.04 Å². The fourth-order valence-corrected chi connectivity index (χ4v) is 2.79. The minimum absolute atomic E-state index is 0.0510. The predicted octanol–water partition coefficient (Wildman–Crippen LogP) is 2.77. The SMILES string of the molecule is CC1CCCCCC1NC(=O)C(N)c1ccccc1. The summed E-state index contributed by atoms with van der Waals surface area (Å²) in [4.78, 5) is 12.2. The Morgan fingerprint density at radius 3 is 2.63 bits per heavy atom. The maximum absolute atomic E-state index is 12.2. The van der Waals surface area contributed by atoms with Crippen LogP contribution in [0.2, 0.25) is 0 Å². The lowest BCUT2D eigenvalue weighted by Gasteiger charge is -2.24. The van der Waals surface area contributed by atoms with Crippen LogP contribution in [-0.2, 0) is 4.79 Å². The van der Waals surface area contributed by atoms with E-state index in [-0.39, 0.29) is 11.9 Å². The van der Waals surface area contributed by atoms with Crippen LogP contribution < -0.4 is 11.1 Å². The van der Waals surface area contributed by atoms with E-state index in [0.29, 0.717) is 5.92 Å². The molecule has 3 unspecified atom stereocenters. The van der Waals surface area contributed by atoms with Gasteiger partial charge in [0.25, 0.3) is 0 Å². The Hall–Kier alpha value is -1.35. The summed E-state index contributed by atoms with van der Waals surface area (Å²) in [5, 5.41) is 3.14. The normalized spacial score (nSPS) is 25.4. The van der Waals surface area contributed by atoms with Gasteiger partial charge in [0.05, 0.1) is 0 Å². The zero-order valence-electron chi connectivity index (χ0n) is 11.6. The Labute approximate surface area is 115 Å². The lowest BCUT2D eigenvalue weighted by Crippen LogP contribution is -2.43. The Morgan fingerprint density at radius 2 is 1.89 bits per heavy atom. The average Bonchev–Trinajstić information content (AvgIpc) is 2.64. The quantitative estimate of drug-likeness (QED) is 0.821. The molecule has 0 heterocycles. The summed E-state index contributed by atoms with van der Waals surface area (Å²) in [5.41, 5.74) is 6.90. The number of hydrogen-bond donors (Lipinski definition) is 2. The minimum atomic E-state index is -0.559. The zero-order chi connectivity index (χ0) is 13.7. The van der Waals surface area contributed by atoms with Crippen LogP contribution in [0.4, 0.5) is 0 Å². The minimum Gasteiger partial charge on any atom is -0.351 e. The molecule has 1 aliphatic rings. The van der Waals surface area contributed by atoms with Crippen LogP contribution in [0, 0.1) is 5.92 Å². The molecule has 1 aromatic rings. The summed E-state index contributed by atoms with van der Waals surface area (Å²) in [7, 11) is 0. The monoisotopic (exact) mass is 260 g/mol. The van der Waals surface area contributed by atoms with Crippen LogP contribution in [0.25, 0.3) is 0 Å². The fraction of sp³-hybridized carbons (Fsp3) is 0.562. The summed E-state index contributed by atoms with van der Waals surface area (Å²) >= 11 is 0. The standard InChI is InChI=1S/C16H24N2O/c1-12-8-4-2-7-11-14(12)18-16(19)15(17)13-9-5-3-6-10-13/h3,5-6,9-10,12,14-15H,2,4,7-8,11,17H2,1H3,(H,18,19). The molecule has 0 spiro atoms. The molecular weight excluding hydrogens is 236 g/mol. The van der Waals surface area contributed by atoms with E-state index in [2.05, 4.69) is 12.2 Å². The van der Waals surface area contributed by atoms with Crippen molar-refractivity contribution in [1.29, 1.82) is 0 Å². The molecule has 3 atom stereocenters. The molecule has 0 bridgehead atoms. The molecule has 3 heteroatoms. The molecule has 0 radical (unpaired) electrons. The van der Waals surface area contributed by atoms with E-state index >= 15 is 0 Å². The van der Waals surface area contributed by atoms with Gasteiger partial charge in [-0.15, -0.1) is 0 Å². The predicted molar refractivity (Wildman–Crippen MR) is 77.6 cm³/mol. The number of rotatable bonds is 3. The number of nitrogens with two attached hydrogens (primary N) is 1. The van der Waals surface area contributed by atoms with Crippen molar-refractivity contribution in [3.8, 4) is 0 Å². The first-order valence-electron chi connectivity index (χ1n) is 7.29. The van der Waals surface area contributed by atoms with Crippen LogP contribution >= 0.6 is 0 Å². The van der Waals surface area contributed by atoms with E-state index in [1.165, 1.54) is 25.7 Å². The number of carbonyl (C=O) groups excluding carboxylic acids is 1. The van der Waals surface area contributed by atoms with Gasteiger partial charge in [-0.2, -0.15) is 0 Å². The van der Waals surface area contributed by atoms with Crippen LogP contribution in [-0.4, -0.2) is 11.9 Å². The van der Waals surface area contributed by atoms with E-state index in [9.17, 15) is 4.79 Å². The highest BCUT2D eigenvalue weighted by Crippen LogP contribution is 2.23. The molecule has 104 valence electrons. The number of benzene rings is 1. The van der Waals surface area contributed by atoms with Gasteiger partial charge >= 0.3 is 0 Å². The number of carbonyl (C=O) groups is 1. The Bertz CT molecular complexity index is 404. The van der Waals surface area contributed by atoms with Gasteiger partial charge in [-0.05, 0) is 24.3 Å². The van der Waals surface area contributed by atoms with E-state index in [4.69, 9.17) is 5.73 Å². The van der Waals surface area contributed by atoms with Crippen LogP contribution in [0.1, 0.15) is 50.6 Å². The van der Waals surface area contributed by atoms with E-state index in [0.717, 1.165) is 12.0 Å². The zero-order valence-corrected chi connectivity index (χ0v) is 11.6. The van der Waals surface area contributed by atoms with Gasteiger partial charge in [0.1, 0.15) is 6.04 Å². The highest BCUT2D eigenvalue weighted by Gasteiger charge is 2.24. The number of nitrogens with one attached hydrogen (secondary N) is 1. The van der Waals surface area contributed by atoms with Crippen LogP contribution in [0.3, 0.4) is 0 Å². The molecule has 19 heavy (non-hydrogen) atoms. The number of hydrogen-bond acceptors (Lipinski definition) is 2. The molecule has 3 nitrogen and oxygen atoms in total. The summed E-state index contributed by atoms with van der Waals surface area (Å²) in [5.74, 6) is 0.499. The molecule has 3 N–H and O–H groups in total. The Balaban J connectivity index is 1.96. The molecule has 1 saturated carbocycles. The Kier molecular flexibility index (Phi) is 4.97. The van der Waals surface area contributed by atoms with Gasteiger partial charge in [0.15, 0.2) is 0 Å². The summed E-state index contributed by atoms with van der Waals surface area (Å²) in [6.45, 7) is 2.23. The first kappa shape index (κ1) is 14.1. The maximum atomic E-state index is 12.2. The third-order valence-corrected chi connectivity index (χ3v) is 4.13. The molecule has 0 aliphatic heterocycles. The maximum Gasteiger partial charge on any atom is 0.241 e. The molecule has 1 amide bonds. The highest BCUT2D eigenvalue weighted by molar-refractivity contribution is 5.83. The first-order valence-corrected chi connectivity index (χ1v) is 7.29. The third kappa shape index (κ3) is 3.80. The molecular formula is C16H24N2O. The molecule has 1 aliphatic carbocycles. The molecule has 1 fully saturated rings. The average molecular weight is 260 g/mol. The van der Waals surface area contributed by atoms with Gasteiger partial charge in [-0.1, -0.05) is 56.5 Å².